The molecule has 2 N–H and O–H groups in total. The van der Waals surface area contributed by atoms with Crippen molar-refractivity contribution in [2.45, 2.75) is 61.3 Å². The van der Waals surface area contributed by atoms with E-state index in [1.54, 1.807) is 6.92 Å². The van der Waals surface area contributed by atoms with Crippen LogP contribution in [0.1, 0.15) is 68.9 Å². The van der Waals surface area contributed by atoms with Gasteiger partial charge in [0.15, 0.2) is 12.1 Å². The Morgan fingerprint density at radius 1 is 1.13 bits per heavy atom. The zero-order valence-electron chi connectivity index (χ0n) is 15.3. The number of nitrogens with one attached hydrogen (secondary N) is 2. The van der Waals surface area contributed by atoms with E-state index in [2.05, 4.69) is 17.2 Å². The third kappa shape index (κ3) is 4.44. The zero-order valence-corrected chi connectivity index (χ0v) is 15.3. The Hall–Kier alpha value is -2.10. The maximum atomic E-state index is 11.8. The second-order valence-corrected chi connectivity index (χ2v) is 6.30. The van der Waals surface area contributed by atoms with Crippen LogP contribution in [-0.4, -0.2) is 17.1 Å². The van der Waals surface area contributed by atoms with Crippen LogP contribution in [0.5, 0.6) is 0 Å². The van der Waals surface area contributed by atoms with Gasteiger partial charge in [-0.25, -0.2) is 0 Å². The van der Waals surface area contributed by atoms with Crippen molar-refractivity contribution in [1.82, 2.24) is 10.3 Å². The number of aromatic nitrogens is 1. The van der Waals surface area contributed by atoms with Gasteiger partial charge in [0.25, 0.3) is 0 Å². The lowest BCUT2D eigenvalue weighted by molar-refractivity contribution is -0.113. The van der Waals surface area contributed by atoms with Crippen molar-refractivity contribution in [3.8, 4) is 0 Å². The van der Waals surface area contributed by atoms with E-state index < -0.39 is 0 Å². The highest BCUT2D eigenvalue weighted by atomic mass is 16.1. The van der Waals surface area contributed by atoms with E-state index in [1.165, 1.54) is 5.56 Å². The fourth-order valence-electron chi connectivity index (χ4n) is 2.71. The Kier molecular flexibility index (Phi) is 6.55. The summed E-state index contributed by atoms with van der Waals surface area (Å²) < 4.78 is 0. The van der Waals surface area contributed by atoms with Crippen molar-refractivity contribution in [2.24, 2.45) is 0 Å². The first-order valence-corrected chi connectivity index (χ1v) is 8.00. The number of ketones is 1. The summed E-state index contributed by atoms with van der Waals surface area (Å²) in [7, 11) is 0. The van der Waals surface area contributed by atoms with Crippen LogP contribution in [0, 0.1) is 6.92 Å². The van der Waals surface area contributed by atoms with Gasteiger partial charge in [-0.2, -0.15) is 0 Å². The largest absolute Gasteiger partial charge is 0.356 e. The number of H-pyrrole nitrogens is 1. The molecule has 0 atom stereocenters. The van der Waals surface area contributed by atoms with Gasteiger partial charge < -0.3 is 10.3 Å². The van der Waals surface area contributed by atoms with Gasteiger partial charge >= 0.3 is 0 Å². The molecule has 0 bridgehead atoms. The molecule has 4 heteroatoms. The number of aldehydes is 1. The number of hydrogen-bond donors (Lipinski definition) is 2. The van der Waals surface area contributed by atoms with Crippen LogP contribution in [0.4, 0.5) is 0 Å². The van der Waals surface area contributed by atoms with Gasteiger partial charge in [0.05, 0.1) is 11.4 Å². The molecule has 1 aromatic rings. The highest BCUT2D eigenvalue weighted by molar-refractivity contribution is 5.93. The normalized spacial score (nSPS) is 10.2. The minimum Gasteiger partial charge on any atom is -0.356 e. The first-order valence-electron chi connectivity index (χ1n) is 8.00. The molecule has 1 rings (SSSR count). The van der Waals surface area contributed by atoms with E-state index in [1.807, 2.05) is 34.6 Å². The topological polar surface area (TPSA) is 62.0 Å². The molecule has 23 heavy (non-hydrogen) atoms. The van der Waals surface area contributed by atoms with Crippen molar-refractivity contribution in [2.75, 3.05) is 0 Å². The highest BCUT2D eigenvalue weighted by Gasteiger charge is 2.16. The van der Waals surface area contributed by atoms with Gasteiger partial charge in [-0.3, -0.25) is 9.59 Å². The second kappa shape index (κ2) is 7.95. The Bertz CT molecular complexity index is 668. The monoisotopic (exact) mass is 316 g/mol. The van der Waals surface area contributed by atoms with E-state index in [0.29, 0.717) is 17.8 Å². The average molecular weight is 316 g/mol. The average Bonchev–Trinajstić information content (AvgIpc) is 2.77. The fourth-order valence-corrected chi connectivity index (χ4v) is 2.71. The van der Waals surface area contributed by atoms with Crippen LogP contribution in [-0.2, 0) is 17.6 Å². The predicted molar refractivity (Wildman–Crippen MR) is 94.6 cm³/mol. The summed E-state index contributed by atoms with van der Waals surface area (Å²) in [5.41, 5.74) is 7.57. The van der Waals surface area contributed by atoms with E-state index in [4.69, 9.17) is 0 Å². The van der Waals surface area contributed by atoms with Crippen molar-refractivity contribution in [3.05, 3.63) is 45.1 Å². The van der Waals surface area contributed by atoms with Crippen molar-refractivity contribution < 1.29 is 9.59 Å². The summed E-state index contributed by atoms with van der Waals surface area (Å²) in [4.78, 5) is 26.2. The van der Waals surface area contributed by atoms with E-state index in [-0.39, 0.29) is 5.78 Å². The molecule has 0 aliphatic heterocycles. The third-order valence-corrected chi connectivity index (χ3v) is 4.06. The minimum atomic E-state index is 0.0238. The van der Waals surface area contributed by atoms with E-state index >= 15 is 0 Å². The molecule has 126 valence electrons. The summed E-state index contributed by atoms with van der Waals surface area (Å²) in [6.45, 7) is 13.5. The minimum absolute atomic E-state index is 0.0238. The van der Waals surface area contributed by atoms with Gasteiger partial charge in [-0.1, -0.05) is 12.5 Å². The standard InChI is InChI=1S/C19H28N2O2/c1-8-15-13(6)18(10-22)20-17(15)9-16(11(2)3)21-19(12(4)5)14(7)23/h10,20-21H,8-9H2,1-7H3. The molecule has 0 aliphatic carbocycles. The molecular weight excluding hydrogens is 288 g/mol. The predicted octanol–water partition coefficient (Wildman–Crippen LogP) is 4.01. The van der Waals surface area contributed by atoms with Gasteiger partial charge in [-0.05, 0) is 57.7 Å². The maximum Gasteiger partial charge on any atom is 0.175 e. The summed E-state index contributed by atoms with van der Waals surface area (Å²) >= 11 is 0. The summed E-state index contributed by atoms with van der Waals surface area (Å²) in [6.07, 6.45) is 2.37. The smallest absolute Gasteiger partial charge is 0.175 e. The van der Waals surface area contributed by atoms with Crippen LogP contribution in [0.25, 0.3) is 0 Å². The van der Waals surface area contributed by atoms with Crippen LogP contribution in [0.2, 0.25) is 0 Å². The molecule has 0 aliphatic rings. The molecule has 0 spiro atoms. The van der Waals surface area contributed by atoms with Crippen LogP contribution in [0.15, 0.2) is 22.5 Å². The van der Waals surface area contributed by atoms with Gasteiger partial charge in [0, 0.05) is 24.7 Å². The molecule has 0 radical (unpaired) electrons. The zero-order chi connectivity index (χ0) is 17.7. The Balaban J connectivity index is 3.22. The Labute approximate surface area is 139 Å². The number of carbonyl (C=O) groups excluding carboxylic acids is 2. The molecule has 0 saturated heterocycles. The second-order valence-electron chi connectivity index (χ2n) is 6.30. The summed E-state index contributed by atoms with van der Waals surface area (Å²) in [5.74, 6) is 0.0238. The summed E-state index contributed by atoms with van der Waals surface area (Å²) in [5, 5.41) is 3.30. The molecule has 0 fully saturated rings. The molecule has 0 unspecified atom stereocenters. The Morgan fingerprint density at radius 3 is 2.13 bits per heavy atom. The van der Waals surface area contributed by atoms with Crippen molar-refractivity contribution in [1.29, 1.82) is 0 Å². The van der Waals surface area contributed by atoms with Crippen LogP contribution < -0.4 is 5.32 Å². The van der Waals surface area contributed by atoms with Crippen LogP contribution in [0.3, 0.4) is 0 Å². The van der Waals surface area contributed by atoms with Crippen molar-refractivity contribution in [3.63, 3.8) is 0 Å². The number of allylic oxidation sites excluding steroid dienone is 4. The van der Waals surface area contributed by atoms with Gasteiger partial charge in [0.1, 0.15) is 0 Å². The van der Waals surface area contributed by atoms with E-state index in [9.17, 15) is 9.59 Å². The number of Topliss-reactive ketones (excluding diaryl/α,β-unsaturated/α-hetero) is 1. The lowest BCUT2D eigenvalue weighted by Gasteiger charge is -2.16. The number of hydrogen-bond acceptors (Lipinski definition) is 3. The highest BCUT2D eigenvalue weighted by Crippen LogP contribution is 2.22. The van der Waals surface area contributed by atoms with Crippen molar-refractivity contribution >= 4 is 12.1 Å². The number of aromatic amines is 1. The third-order valence-electron chi connectivity index (χ3n) is 4.06. The quantitative estimate of drug-likeness (QED) is 0.590. The molecule has 1 aromatic heterocycles. The number of rotatable bonds is 7. The molecule has 0 aromatic carbocycles. The molecule has 1 heterocycles. The first-order chi connectivity index (χ1) is 10.7. The summed E-state index contributed by atoms with van der Waals surface area (Å²) in [6, 6.07) is 0. The SMILES string of the molecule is CCc1c(CC(NC(C(C)=O)=C(C)C)=C(C)C)[nH]c(C=O)c1C. The van der Waals surface area contributed by atoms with Gasteiger partial charge in [0.2, 0.25) is 0 Å². The lowest BCUT2D eigenvalue weighted by Crippen LogP contribution is -2.22. The van der Waals surface area contributed by atoms with Gasteiger partial charge in [-0.15, -0.1) is 0 Å². The fraction of sp³-hybridized carbons (Fsp3) is 0.474. The molecule has 4 nitrogen and oxygen atoms in total. The molecule has 0 amide bonds. The van der Waals surface area contributed by atoms with E-state index in [0.717, 1.165) is 40.8 Å². The molecular formula is C19H28N2O2. The molecule has 0 saturated carbocycles. The lowest BCUT2D eigenvalue weighted by atomic mass is 10.0. The number of carbonyl (C=O) groups is 2. The first kappa shape index (κ1) is 18.9. The van der Waals surface area contributed by atoms with Crippen LogP contribution >= 0.6 is 0 Å². The maximum absolute atomic E-state index is 11.8. The Morgan fingerprint density at radius 2 is 1.74 bits per heavy atom.